The Morgan fingerprint density at radius 3 is 2.60 bits per heavy atom. The third-order valence-electron chi connectivity index (χ3n) is 3.10. The van der Waals surface area contributed by atoms with E-state index in [1.165, 1.54) is 7.11 Å². The van der Waals surface area contributed by atoms with Crippen LogP contribution in [0.4, 0.5) is 0 Å². The number of rotatable bonds is 6. The molecule has 0 amide bonds. The summed E-state index contributed by atoms with van der Waals surface area (Å²) in [6, 6.07) is 14.7. The fraction of sp³-hybridized carbons (Fsp3) is 0.250. The average Bonchev–Trinajstić information content (AvgIpc) is 2.49. The molecule has 2 aromatic rings. The van der Waals surface area contributed by atoms with Gasteiger partial charge in [0.15, 0.2) is 11.5 Å². The number of hydrogen-bond donors (Lipinski definition) is 3. The van der Waals surface area contributed by atoms with Crippen LogP contribution in [0.2, 0.25) is 0 Å². The lowest BCUT2D eigenvalue weighted by atomic mass is 10.1. The number of aliphatic hydroxyl groups is 1. The zero-order valence-electron chi connectivity index (χ0n) is 11.4. The van der Waals surface area contributed by atoms with Crippen molar-refractivity contribution in [3.8, 4) is 11.5 Å². The predicted octanol–water partition coefficient (Wildman–Crippen LogP) is 2.22. The number of aliphatic hydroxyl groups excluding tert-OH is 1. The molecule has 0 saturated carbocycles. The Kier molecular flexibility index (Phi) is 4.98. The highest BCUT2D eigenvalue weighted by Crippen LogP contribution is 2.26. The minimum absolute atomic E-state index is 0.126. The quantitative estimate of drug-likeness (QED) is 0.755. The largest absolute Gasteiger partial charge is 0.504 e. The van der Waals surface area contributed by atoms with Gasteiger partial charge in [-0.2, -0.15) is 0 Å². The van der Waals surface area contributed by atoms with Crippen LogP contribution in [-0.2, 0) is 6.54 Å². The van der Waals surface area contributed by atoms with Crippen molar-refractivity contribution in [3.05, 3.63) is 59.7 Å². The topological polar surface area (TPSA) is 61.7 Å². The lowest BCUT2D eigenvalue weighted by Gasteiger charge is -2.12. The van der Waals surface area contributed by atoms with Crippen molar-refractivity contribution in [3.63, 3.8) is 0 Å². The maximum absolute atomic E-state index is 10.0. The molecular weight excluding hydrogens is 254 g/mol. The number of hydrogen-bond acceptors (Lipinski definition) is 4. The number of benzene rings is 2. The van der Waals surface area contributed by atoms with Gasteiger partial charge in [-0.3, -0.25) is 0 Å². The molecule has 0 aliphatic carbocycles. The molecule has 0 fully saturated rings. The van der Waals surface area contributed by atoms with Crippen molar-refractivity contribution in [1.29, 1.82) is 0 Å². The molecule has 106 valence electrons. The van der Waals surface area contributed by atoms with Gasteiger partial charge in [0.1, 0.15) is 0 Å². The Balaban J connectivity index is 1.87. The number of phenols is 1. The molecule has 1 unspecified atom stereocenters. The minimum Gasteiger partial charge on any atom is -0.504 e. The molecule has 3 N–H and O–H groups in total. The van der Waals surface area contributed by atoms with Gasteiger partial charge in [0.05, 0.1) is 13.2 Å². The summed E-state index contributed by atoms with van der Waals surface area (Å²) in [6.45, 7) is 1.06. The highest BCUT2D eigenvalue weighted by atomic mass is 16.5. The monoisotopic (exact) mass is 273 g/mol. The van der Waals surface area contributed by atoms with Gasteiger partial charge in [-0.25, -0.2) is 0 Å². The van der Waals surface area contributed by atoms with Crippen LogP contribution < -0.4 is 10.1 Å². The van der Waals surface area contributed by atoms with Gasteiger partial charge in [0.25, 0.3) is 0 Å². The first-order valence-electron chi connectivity index (χ1n) is 6.50. The molecule has 2 rings (SSSR count). The summed E-state index contributed by atoms with van der Waals surface area (Å²) in [5.74, 6) is 0.577. The molecule has 0 aliphatic heterocycles. The number of nitrogens with one attached hydrogen (secondary N) is 1. The molecule has 0 bridgehead atoms. The van der Waals surface area contributed by atoms with E-state index in [1.54, 1.807) is 12.1 Å². The summed E-state index contributed by atoms with van der Waals surface area (Å²) in [4.78, 5) is 0. The molecular formula is C16H19NO3. The Bertz CT molecular complexity index is 543. The lowest BCUT2D eigenvalue weighted by molar-refractivity contribution is 0.174. The van der Waals surface area contributed by atoms with Crippen LogP contribution in [0.15, 0.2) is 48.5 Å². The van der Waals surface area contributed by atoms with Crippen molar-refractivity contribution in [2.45, 2.75) is 12.6 Å². The molecule has 0 heterocycles. The maximum atomic E-state index is 10.0. The van der Waals surface area contributed by atoms with E-state index in [0.717, 1.165) is 11.1 Å². The third kappa shape index (κ3) is 3.73. The van der Waals surface area contributed by atoms with Crippen LogP contribution in [0.1, 0.15) is 17.2 Å². The van der Waals surface area contributed by atoms with Crippen LogP contribution in [0, 0.1) is 0 Å². The van der Waals surface area contributed by atoms with E-state index in [1.807, 2.05) is 36.4 Å². The SMILES string of the molecule is COc1cc(CNCC(O)c2ccccc2)ccc1O. The molecule has 1 atom stereocenters. The zero-order chi connectivity index (χ0) is 14.4. The van der Waals surface area contributed by atoms with Crippen molar-refractivity contribution in [1.82, 2.24) is 5.32 Å². The molecule has 2 aromatic carbocycles. The lowest BCUT2D eigenvalue weighted by Crippen LogP contribution is -2.21. The number of phenolic OH excluding ortho intramolecular Hbond substituents is 1. The van der Waals surface area contributed by atoms with Crippen LogP contribution in [-0.4, -0.2) is 23.9 Å². The van der Waals surface area contributed by atoms with Gasteiger partial charge in [-0.15, -0.1) is 0 Å². The molecule has 0 aliphatic rings. The second-order valence-corrected chi connectivity index (χ2v) is 4.56. The van der Waals surface area contributed by atoms with Gasteiger partial charge >= 0.3 is 0 Å². The number of ether oxygens (including phenoxy) is 1. The van der Waals surface area contributed by atoms with E-state index < -0.39 is 6.10 Å². The Morgan fingerprint density at radius 2 is 1.90 bits per heavy atom. The third-order valence-corrected chi connectivity index (χ3v) is 3.10. The van der Waals surface area contributed by atoms with E-state index in [2.05, 4.69) is 5.32 Å². The first kappa shape index (κ1) is 14.4. The number of methoxy groups -OCH3 is 1. The van der Waals surface area contributed by atoms with Gasteiger partial charge in [0.2, 0.25) is 0 Å². The summed E-state index contributed by atoms with van der Waals surface area (Å²) < 4.78 is 5.06. The second-order valence-electron chi connectivity index (χ2n) is 4.56. The molecule has 4 heteroatoms. The van der Waals surface area contributed by atoms with Crippen molar-refractivity contribution < 1.29 is 14.9 Å². The second kappa shape index (κ2) is 6.93. The molecule has 0 saturated heterocycles. The van der Waals surface area contributed by atoms with E-state index in [0.29, 0.717) is 18.8 Å². The van der Waals surface area contributed by atoms with E-state index in [9.17, 15) is 10.2 Å². The van der Waals surface area contributed by atoms with Crippen molar-refractivity contribution in [2.24, 2.45) is 0 Å². The Hall–Kier alpha value is -2.04. The summed E-state index contributed by atoms with van der Waals surface area (Å²) in [6.07, 6.45) is -0.532. The standard InChI is InChI=1S/C16H19NO3/c1-20-16-9-12(7-8-14(16)18)10-17-11-15(19)13-5-3-2-4-6-13/h2-9,15,17-19H,10-11H2,1H3. The number of aromatic hydroxyl groups is 1. The molecule has 4 nitrogen and oxygen atoms in total. The zero-order valence-corrected chi connectivity index (χ0v) is 11.4. The highest BCUT2D eigenvalue weighted by Gasteiger charge is 2.07. The fourth-order valence-corrected chi connectivity index (χ4v) is 1.98. The minimum atomic E-state index is -0.532. The van der Waals surface area contributed by atoms with Crippen LogP contribution in [0.3, 0.4) is 0 Å². The van der Waals surface area contributed by atoms with Gasteiger partial charge in [-0.1, -0.05) is 36.4 Å². The summed E-state index contributed by atoms with van der Waals surface area (Å²) in [7, 11) is 1.52. The highest BCUT2D eigenvalue weighted by molar-refractivity contribution is 5.41. The Labute approximate surface area is 118 Å². The van der Waals surface area contributed by atoms with Crippen molar-refractivity contribution >= 4 is 0 Å². The molecule has 0 spiro atoms. The fourth-order valence-electron chi connectivity index (χ4n) is 1.98. The van der Waals surface area contributed by atoms with E-state index >= 15 is 0 Å². The first-order chi connectivity index (χ1) is 9.70. The van der Waals surface area contributed by atoms with Crippen LogP contribution in [0.5, 0.6) is 11.5 Å². The van der Waals surface area contributed by atoms with E-state index in [4.69, 9.17) is 4.74 Å². The predicted molar refractivity (Wildman–Crippen MR) is 77.8 cm³/mol. The maximum Gasteiger partial charge on any atom is 0.160 e. The van der Waals surface area contributed by atoms with Gasteiger partial charge in [0, 0.05) is 13.1 Å². The molecule has 0 radical (unpaired) electrons. The summed E-state index contributed by atoms with van der Waals surface area (Å²) in [5.41, 5.74) is 1.88. The molecule has 20 heavy (non-hydrogen) atoms. The summed E-state index contributed by atoms with van der Waals surface area (Å²) >= 11 is 0. The van der Waals surface area contributed by atoms with Crippen LogP contribution in [0.25, 0.3) is 0 Å². The van der Waals surface area contributed by atoms with Crippen LogP contribution >= 0.6 is 0 Å². The average molecular weight is 273 g/mol. The van der Waals surface area contributed by atoms with Gasteiger partial charge in [-0.05, 0) is 23.3 Å². The van der Waals surface area contributed by atoms with E-state index in [-0.39, 0.29) is 5.75 Å². The van der Waals surface area contributed by atoms with Crippen molar-refractivity contribution in [2.75, 3.05) is 13.7 Å². The molecule has 0 aromatic heterocycles. The smallest absolute Gasteiger partial charge is 0.160 e. The van der Waals surface area contributed by atoms with Gasteiger partial charge < -0.3 is 20.3 Å². The normalized spacial score (nSPS) is 12.1. The summed E-state index contributed by atoms with van der Waals surface area (Å²) in [5, 5.41) is 22.7. The first-order valence-corrected chi connectivity index (χ1v) is 6.50. The Morgan fingerprint density at radius 1 is 1.15 bits per heavy atom.